The highest BCUT2D eigenvalue weighted by molar-refractivity contribution is 5.89. The number of benzene rings is 1. The van der Waals surface area contributed by atoms with Crippen LogP contribution in [0.5, 0.6) is 0 Å². The van der Waals surface area contributed by atoms with Gasteiger partial charge in [0, 0.05) is 52.9 Å². The quantitative estimate of drug-likeness (QED) is 0.439. The van der Waals surface area contributed by atoms with Crippen LogP contribution in [0.3, 0.4) is 0 Å². The number of carboxylic acid groups (broad SMARTS) is 1. The van der Waals surface area contributed by atoms with Crippen molar-refractivity contribution in [3.8, 4) is 11.1 Å². The molecule has 1 aromatic carbocycles. The van der Waals surface area contributed by atoms with Crippen molar-refractivity contribution in [3.63, 3.8) is 0 Å². The largest absolute Gasteiger partial charge is 0.476 e. The SMILES string of the molecule is Cc1ncccc1-c1cnc(NCc2c(F)ccc3occc23)n2cc(C(=O)O)nc12. The van der Waals surface area contributed by atoms with Crippen LogP contribution in [0.2, 0.25) is 0 Å². The number of nitrogens with zero attached hydrogens (tertiary/aromatic N) is 4. The number of hydrogen-bond acceptors (Lipinski definition) is 6. The molecule has 8 nitrogen and oxygen atoms in total. The van der Waals surface area contributed by atoms with Crippen LogP contribution in [0.4, 0.5) is 10.3 Å². The fourth-order valence-corrected chi connectivity index (χ4v) is 3.59. The number of pyridine rings is 1. The van der Waals surface area contributed by atoms with Crippen LogP contribution in [0.1, 0.15) is 21.7 Å². The lowest BCUT2D eigenvalue weighted by Gasteiger charge is -2.12. The zero-order chi connectivity index (χ0) is 21.5. The molecule has 2 N–H and O–H groups in total. The zero-order valence-corrected chi connectivity index (χ0v) is 16.3. The number of hydrogen-bond donors (Lipinski definition) is 2. The second-order valence-electron chi connectivity index (χ2n) is 6.97. The fourth-order valence-electron chi connectivity index (χ4n) is 3.59. The van der Waals surface area contributed by atoms with Crippen molar-refractivity contribution >= 4 is 28.5 Å². The summed E-state index contributed by atoms with van der Waals surface area (Å²) in [4.78, 5) is 24.6. The number of nitrogens with one attached hydrogen (secondary N) is 1. The highest BCUT2D eigenvalue weighted by atomic mass is 19.1. The molecule has 0 unspecified atom stereocenters. The summed E-state index contributed by atoms with van der Waals surface area (Å²) in [5.41, 5.74) is 3.49. The predicted octanol–water partition coefficient (Wildman–Crippen LogP) is 4.30. The van der Waals surface area contributed by atoms with Gasteiger partial charge in [-0.05, 0) is 31.2 Å². The molecule has 0 saturated carbocycles. The van der Waals surface area contributed by atoms with Crippen molar-refractivity contribution in [1.29, 1.82) is 0 Å². The molecule has 0 radical (unpaired) electrons. The topological polar surface area (TPSA) is 106 Å². The predicted molar refractivity (Wildman–Crippen MR) is 111 cm³/mol. The first-order chi connectivity index (χ1) is 15.0. The Bertz CT molecular complexity index is 1460. The summed E-state index contributed by atoms with van der Waals surface area (Å²) in [6, 6.07) is 8.29. The normalized spacial score (nSPS) is 11.3. The Morgan fingerprint density at radius 1 is 1.23 bits per heavy atom. The van der Waals surface area contributed by atoms with Crippen LogP contribution in [0.25, 0.3) is 27.7 Å². The molecule has 0 saturated heterocycles. The Balaban J connectivity index is 1.60. The number of rotatable bonds is 5. The van der Waals surface area contributed by atoms with Gasteiger partial charge in [0.1, 0.15) is 17.0 Å². The van der Waals surface area contributed by atoms with Gasteiger partial charge in [-0.3, -0.25) is 9.38 Å². The van der Waals surface area contributed by atoms with Gasteiger partial charge in [-0.25, -0.2) is 19.2 Å². The standard InChI is InChI=1S/C22H16FN5O3/c1-12-13(3-2-7-24-12)16-10-26-22(28-11-18(21(29)30)27-20(16)28)25-9-15-14-6-8-31-19(14)5-4-17(15)23/h2-8,10-11H,9H2,1H3,(H,25,26)(H,29,30). The fraction of sp³-hybridized carbons (Fsp3) is 0.0909. The second-order valence-corrected chi connectivity index (χ2v) is 6.97. The first kappa shape index (κ1) is 18.7. The number of halogens is 1. The van der Waals surface area contributed by atoms with Crippen molar-refractivity contribution in [2.24, 2.45) is 0 Å². The summed E-state index contributed by atoms with van der Waals surface area (Å²) in [6.45, 7) is 1.98. The van der Waals surface area contributed by atoms with Gasteiger partial charge in [-0.2, -0.15) is 0 Å². The van der Waals surface area contributed by atoms with E-state index >= 15 is 0 Å². The number of carboxylic acids is 1. The number of imidazole rings is 1. The molecule has 0 aliphatic carbocycles. The molecule has 4 aromatic heterocycles. The van der Waals surface area contributed by atoms with E-state index in [4.69, 9.17) is 4.42 Å². The molecule has 4 heterocycles. The minimum atomic E-state index is -1.15. The molecule has 5 aromatic rings. The molecule has 0 amide bonds. The van der Waals surface area contributed by atoms with E-state index in [1.807, 2.05) is 13.0 Å². The number of anilines is 1. The Morgan fingerprint density at radius 2 is 2.10 bits per heavy atom. The van der Waals surface area contributed by atoms with Gasteiger partial charge < -0.3 is 14.8 Å². The molecular formula is C22H16FN5O3. The molecule has 0 aliphatic heterocycles. The van der Waals surface area contributed by atoms with Crippen molar-refractivity contribution in [2.75, 3.05) is 5.32 Å². The van der Waals surface area contributed by atoms with Crippen LogP contribution < -0.4 is 5.32 Å². The second kappa shape index (κ2) is 7.21. The Labute approximate surface area is 175 Å². The van der Waals surface area contributed by atoms with E-state index in [1.165, 1.54) is 18.5 Å². The lowest BCUT2D eigenvalue weighted by Crippen LogP contribution is -2.08. The van der Waals surface area contributed by atoms with Gasteiger partial charge in [-0.1, -0.05) is 6.07 Å². The minimum Gasteiger partial charge on any atom is -0.476 e. The molecule has 31 heavy (non-hydrogen) atoms. The molecule has 0 aliphatic rings. The highest BCUT2D eigenvalue weighted by Gasteiger charge is 2.18. The van der Waals surface area contributed by atoms with E-state index in [9.17, 15) is 14.3 Å². The number of fused-ring (bicyclic) bond motifs is 2. The Hall–Kier alpha value is -4.27. The third kappa shape index (κ3) is 3.16. The summed E-state index contributed by atoms with van der Waals surface area (Å²) in [5, 5.41) is 13.2. The Kier molecular flexibility index (Phi) is 4.36. The van der Waals surface area contributed by atoms with E-state index in [2.05, 4.69) is 20.3 Å². The summed E-state index contributed by atoms with van der Waals surface area (Å²) < 4.78 is 21.3. The third-order valence-electron chi connectivity index (χ3n) is 5.12. The molecule has 154 valence electrons. The zero-order valence-electron chi connectivity index (χ0n) is 16.3. The van der Waals surface area contributed by atoms with Gasteiger partial charge in [-0.15, -0.1) is 0 Å². The van der Waals surface area contributed by atoms with Crippen LogP contribution >= 0.6 is 0 Å². The maximum Gasteiger partial charge on any atom is 0.356 e. The average Bonchev–Trinajstić information content (AvgIpc) is 3.41. The van der Waals surface area contributed by atoms with E-state index in [1.54, 1.807) is 35.0 Å². The monoisotopic (exact) mass is 417 g/mol. The summed E-state index contributed by atoms with van der Waals surface area (Å²) in [6.07, 6.45) is 6.18. The first-order valence-corrected chi connectivity index (χ1v) is 9.45. The molecule has 0 spiro atoms. The van der Waals surface area contributed by atoms with Gasteiger partial charge >= 0.3 is 5.97 Å². The smallest absolute Gasteiger partial charge is 0.356 e. The van der Waals surface area contributed by atoms with E-state index in [-0.39, 0.29) is 18.1 Å². The lowest BCUT2D eigenvalue weighted by molar-refractivity contribution is 0.0691. The van der Waals surface area contributed by atoms with Crippen molar-refractivity contribution < 1.29 is 18.7 Å². The molecule has 0 fully saturated rings. The first-order valence-electron chi connectivity index (χ1n) is 9.45. The lowest BCUT2D eigenvalue weighted by atomic mass is 10.1. The van der Waals surface area contributed by atoms with E-state index in [0.29, 0.717) is 33.7 Å². The van der Waals surface area contributed by atoms with E-state index in [0.717, 1.165) is 11.3 Å². The van der Waals surface area contributed by atoms with Crippen LogP contribution in [-0.4, -0.2) is 30.4 Å². The summed E-state index contributed by atoms with van der Waals surface area (Å²) in [5.74, 6) is -1.20. The number of aromatic nitrogens is 4. The number of carbonyl (C=O) groups is 1. The van der Waals surface area contributed by atoms with Crippen molar-refractivity contribution in [2.45, 2.75) is 13.5 Å². The van der Waals surface area contributed by atoms with Crippen molar-refractivity contribution in [1.82, 2.24) is 19.4 Å². The molecule has 0 bridgehead atoms. The van der Waals surface area contributed by atoms with Gasteiger partial charge in [0.25, 0.3) is 0 Å². The van der Waals surface area contributed by atoms with E-state index < -0.39 is 5.97 Å². The average molecular weight is 417 g/mol. The number of aromatic carboxylic acids is 1. The third-order valence-corrected chi connectivity index (χ3v) is 5.12. The van der Waals surface area contributed by atoms with Gasteiger partial charge in [0.15, 0.2) is 5.69 Å². The molecule has 5 rings (SSSR count). The number of aryl methyl sites for hydroxylation is 1. The van der Waals surface area contributed by atoms with Crippen LogP contribution in [0.15, 0.2) is 59.6 Å². The summed E-state index contributed by atoms with van der Waals surface area (Å²) >= 11 is 0. The molecule has 9 heteroatoms. The Morgan fingerprint density at radius 3 is 2.90 bits per heavy atom. The minimum absolute atomic E-state index is 0.122. The van der Waals surface area contributed by atoms with Crippen LogP contribution in [0, 0.1) is 12.7 Å². The van der Waals surface area contributed by atoms with Gasteiger partial charge in [0.05, 0.1) is 6.26 Å². The highest BCUT2D eigenvalue weighted by Crippen LogP contribution is 2.28. The van der Waals surface area contributed by atoms with Gasteiger partial charge in [0.2, 0.25) is 5.95 Å². The number of furan rings is 1. The van der Waals surface area contributed by atoms with Crippen LogP contribution in [-0.2, 0) is 6.54 Å². The maximum atomic E-state index is 14.4. The van der Waals surface area contributed by atoms with Crippen molar-refractivity contribution in [3.05, 3.63) is 78.0 Å². The molecule has 0 atom stereocenters. The maximum absolute atomic E-state index is 14.4. The summed E-state index contributed by atoms with van der Waals surface area (Å²) in [7, 11) is 0. The molecular weight excluding hydrogens is 401 g/mol.